The van der Waals surface area contributed by atoms with Gasteiger partial charge in [0.15, 0.2) is 0 Å². The van der Waals surface area contributed by atoms with Gasteiger partial charge < -0.3 is 10.0 Å². The van der Waals surface area contributed by atoms with Crippen LogP contribution >= 0.6 is 0 Å². The van der Waals surface area contributed by atoms with Crippen LogP contribution in [0.15, 0.2) is 0 Å². The molecule has 1 saturated carbocycles. The van der Waals surface area contributed by atoms with Crippen molar-refractivity contribution >= 4 is 5.91 Å². The number of hydrogen-bond donors (Lipinski definition) is 1. The summed E-state index contributed by atoms with van der Waals surface area (Å²) in [5.41, 5.74) is 0. The lowest BCUT2D eigenvalue weighted by atomic mass is 9.79. The molecule has 0 radical (unpaired) electrons. The Hall–Kier alpha value is -0.570. The fraction of sp³-hybridized carbons (Fsp3) is 0.933. The summed E-state index contributed by atoms with van der Waals surface area (Å²) in [6.07, 6.45) is 8.48. The molecular formula is C15H29NO2. The first kappa shape index (κ1) is 15.5. The molecule has 0 unspecified atom stereocenters. The molecule has 1 amide bonds. The quantitative estimate of drug-likeness (QED) is 0.760. The molecule has 1 rings (SSSR count). The fourth-order valence-electron chi connectivity index (χ4n) is 2.99. The van der Waals surface area contributed by atoms with E-state index in [1.54, 1.807) is 4.90 Å². The van der Waals surface area contributed by atoms with E-state index in [0.717, 1.165) is 25.3 Å². The van der Waals surface area contributed by atoms with Crippen molar-refractivity contribution in [1.29, 1.82) is 0 Å². The Morgan fingerprint density at radius 3 is 2.39 bits per heavy atom. The zero-order valence-corrected chi connectivity index (χ0v) is 12.0. The monoisotopic (exact) mass is 255 g/mol. The largest absolute Gasteiger partial charge is 0.395 e. The maximum atomic E-state index is 12.3. The van der Waals surface area contributed by atoms with Gasteiger partial charge in [0.25, 0.3) is 0 Å². The molecule has 1 aliphatic carbocycles. The summed E-state index contributed by atoms with van der Waals surface area (Å²) < 4.78 is 0. The summed E-state index contributed by atoms with van der Waals surface area (Å²) >= 11 is 0. The number of hydrogen-bond acceptors (Lipinski definition) is 2. The molecule has 0 spiro atoms. The SMILES string of the molecule is CCCCC1CCC(C(=O)N(CC)CCO)CC1. The number of amides is 1. The van der Waals surface area contributed by atoms with Crippen molar-refractivity contribution in [2.45, 2.75) is 58.8 Å². The molecule has 3 heteroatoms. The van der Waals surface area contributed by atoms with E-state index in [-0.39, 0.29) is 18.4 Å². The van der Waals surface area contributed by atoms with E-state index in [4.69, 9.17) is 5.11 Å². The molecule has 18 heavy (non-hydrogen) atoms. The highest BCUT2D eigenvalue weighted by Crippen LogP contribution is 2.32. The fourth-order valence-corrected chi connectivity index (χ4v) is 2.99. The minimum Gasteiger partial charge on any atom is -0.395 e. The van der Waals surface area contributed by atoms with Crippen LogP contribution in [0.3, 0.4) is 0 Å². The van der Waals surface area contributed by atoms with Crippen LogP contribution in [0.25, 0.3) is 0 Å². The van der Waals surface area contributed by atoms with Crippen LogP contribution in [-0.4, -0.2) is 35.6 Å². The Balaban J connectivity index is 2.34. The highest BCUT2D eigenvalue weighted by Gasteiger charge is 2.28. The van der Waals surface area contributed by atoms with Crippen molar-refractivity contribution < 1.29 is 9.90 Å². The van der Waals surface area contributed by atoms with Gasteiger partial charge in [-0.15, -0.1) is 0 Å². The number of carbonyl (C=O) groups excluding carboxylic acids is 1. The van der Waals surface area contributed by atoms with E-state index in [9.17, 15) is 4.79 Å². The van der Waals surface area contributed by atoms with Gasteiger partial charge in [0.05, 0.1) is 6.61 Å². The second-order valence-corrected chi connectivity index (χ2v) is 5.50. The summed E-state index contributed by atoms with van der Waals surface area (Å²) in [7, 11) is 0. The van der Waals surface area contributed by atoms with Crippen molar-refractivity contribution in [3.05, 3.63) is 0 Å². The Morgan fingerprint density at radius 2 is 1.89 bits per heavy atom. The average Bonchev–Trinajstić information content (AvgIpc) is 2.42. The first-order chi connectivity index (χ1) is 8.72. The number of rotatable bonds is 7. The van der Waals surface area contributed by atoms with Crippen molar-refractivity contribution in [1.82, 2.24) is 4.90 Å². The normalized spacial score (nSPS) is 23.9. The number of likely N-dealkylation sites (N-methyl/N-ethyl adjacent to an activating group) is 1. The number of aliphatic hydroxyl groups is 1. The van der Waals surface area contributed by atoms with Crippen LogP contribution in [-0.2, 0) is 4.79 Å². The first-order valence-corrected chi connectivity index (χ1v) is 7.62. The minimum atomic E-state index is 0.0748. The lowest BCUT2D eigenvalue weighted by Gasteiger charge is -2.31. The summed E-state index contributed by atoms with van der Waals surface area (Å²) in [5.74, 6) is 1.33. The summed E-state index contributed by atoms with van der Waals surface area (Å²) in [4.78, 5) is 14.1. The summed E-state index contributed by atoms with van der Waals surface area (Å²) in [5, 5.41) is 8.96. The Bertz CT molecular complexity index is 235. The topological polar surface area (TPSA) is 40.5 Å². The van der Waals surface area contributed by atoms with Gasteiger partial charge in [-0.25, -0.2) is 0 Å². The average molecular weight is 255 g/mol. The third kappa shape index (κ3) is 4.60. The molecule has 1 fully saturated rings. The van der Waals surface area contributed by atoms with Crippen LogP contribution in [0.5, 0.6) is 0 Å². The zero-order valence-electron chi connectivity index (χ0n) is 12.0. The lowest BCUT2D eigenvalue weighted by Crippen LogP contribution is -2.39. The van der Waals surface area contributed by atoms with Gasteiger partial charge in [-0.3, -0.25) is 4.79 Å². The van der Waals surface area contributed by atoms with Gasteiger partial charge in [0.2, 0.25) is 5.91 Å². The Morgan fingerprint density at radius 1 is 1.22 bits per heavy atom. The molecule has 106 valence electrons. The molecule has 3 nitrogen and oxygen atoms in total. The standard InChI is InChI=1S/C15H29NO2/c1-3-5-6-13-7-9-14(10-8-13)15(18)16(4-2)11-12-17/h13-14,17H,3-12H2,1-2H3. The van der Waals surface area contributed by atoms with E-state index in [0.29, 0.717) is 6.54 Å². The van der Waals surface area contributed by atoms with E-state index < -0.39 is 0 Å². The minimum absolute atomic E-state index is 0.0748. The van der Waals surface area contributed by atoms with Crippen molar-refractivity contribution in [2.75, 3.05) is 19.7 Å². The van der Waals surface area contributed by atoms with E-state index in [1.807, 2.05) is 6.92 Å². The molecule has 0 aromatic carbocycles. The van der Waals surface area contributed by atoms with Crippen molar-refractivity contribution in [3.63, 3.8) is 0 Å². The number of aliphatic hydroxyl groups excluding tert-OH is 1. The van der Waals surface area contributed by atoms with Crippen molar-refractivity contribution in [2.24, 2.45) is 11.8 Å². The van der Waals surface area contributed by atoms with E-state index in [2.05, 4.69) is 6.92 Å². The molecule has 0 saturated heterocycles. The van der Waals surface area contributed by atoms with Crippen molar-refractivity contribution in [3.8, 4) is 0 Å². The van der Waals surface area contributed by atoms with Gasteiger partial charge in [0.1, 0.15) is 0 Å². The molecule has 0 bridgehead atoms. The predicted molar refractivity (Wildman–Crippen MR) is 74.3 cm³/mol. The Kier molecular flexibility index (Phi) is 7.33. The van der Waals surface area contributed by atoms with Crippen LogP contribution in [0.2, 0.25) is 0 Å². The zero-order chi connectivity index (χ0) is 13.4. The molecular weight excluding hydrogens is 226 g/mol. The van der Waals surface area contributed by atoms with E-state index >= 15 is 0 Å². The van der Waals surface area contributed by atoms with Crippen LogP contribution in [0.4, 0.5) is 0 Å². The molecule has 1 N–H and O–H groups in total. The van der Waals surface area contributed by atoms with Gasteiger partial charge in [-0.2, -0.15) is 0 Å². The second-order valence-electron chi connectivity index (χ2n) is 5.50. The smallest absolute Gasteiger partial charge is 0.225 e. The molecule has 0 heterocycles. The molecule has 0 aromatic rings. The predicted octanol–water partition coefficient (Wildman–Crippen LogP) is 2.82. The maximum absolute atomic E-state index is 12.3. The van der Waals surface area contributed by atoms with Gasteiger partial charge in [-0.1, -0.05) is 26.2 Å². The lowest BCUT2D eigenvalue weighted by molar-refractivity contribution is -0.137. The highest BCUT2D eigenvalue weighted by atomic mass is 16.3. The van der Waals surface area contributed by atoms with E-state index in [1.165, 1.54) is 32.1 Å². The highest BCUT2D eigenvalue weighted by molar-refractivity contribution is 5.78. The van der Waals surface area contributed by atoms with Crippen LogP contribution in [0, 0.1) is 11.8 Å². The van der Waals surface area contributed by atoms with Gasteiger partial charge in [0, 0.05) is 19.0 Å². The summed E-state index contributed by atoms with van der Waals surface area (Å²) in [6, 6.07) is 0. The second kappa shape index (κ2) is 8.52. The van der Waals surface area contributed by atoms with Gasteiger partial charge in [-0.05, 0) is 38.5 Å². The third-order valence-electron chi connectivity index (χ3n) is 4.23. The van der Waals surface area contributed by atoms with Crippen LogP contribution in [0.1, 0.15) is 58.8 Å². The first-order valence-electron chi connectivity index (χ1n) is 7.62. The Labute approximate surface area is 112 Å². The van der Waals surface area contributed by atoms with Crippen LogP contribution < -0.4 is 0 Å². The molecule has 0 atom stereocenters. The number of carbonyl (C=O) groups is 1. The summed E-state index contributed by atoms with van der Waals surface area (Å²) in [6.45, 7) is 5.51. The number of unbranched alkanes of at least 4 members (excludes halogenated alkanes) is 1. The molecule has 0 aromatic heterocycles. The number of nitrogens with zero attached hydrogens (tertiary/aromatic N) is 1. The maximum Gasteiger partial charge on any atom is 0.225 e. The molecule has 1 aliphatic rings. The third-order valence-corrected chi connectivity index (χ3v) is 4.23. The van der Waals surface area contributed by atoms with Gasteiger partial charge >= 0.3 is 0 Å². The molecule has 0 aliphatic heterocycles.